The summed E-state index contributed by atoms with van der Waals surface area (Å²) in [6.07, 6.45) is 0.667. The normalized spacial score (nSPS) is 13.3. The van der Waals surface area contributed by atoms with Crippen molar-refractivity contribution < 1.29 is 19.1 Å². The van der Waals surface area contributed by atoms with Crippen LogP contribution in [0.4, 0.5) is 0 Å². The minimum atomic E-state index is -0.758. The number of nitrogens with zero attached hydrogens (tertiary/aromatic N) is 4. The van der Waals surface area contributed by atoms with Crippen molar-refractivity contribution in [3.8, 4) is 10.7 Å². The number of alkyl halides is 1. The van der Waals surface area contributed by atoms with Crippen LogP contribution in [0.3, 0.4) is 0 Å². The minimum absolute atomic E-state index is 0.304. The van der Waals surface area contributed by atoms with Crippen molar-refractivity contribution in [3.63, 3.8) is 0 Å². The number of halogens is 1. The second-order valence-corrected chi connectivity index (χ2v) is 6.57. The molecule has 2 aromatic heterocycles. The van der Waals surface area contributed by atoms with Gasteiger partial charge in [0.1, 0.15) is 4.83 Å². The quantitative estimate of drug-likeness (QED) is 0.514. The fraction of sp³-hybridized carbons (Fsp3) is 0.462. The van der Waals surface area contributed by atoms with Crippen LogP contribution in [-0.2, 0) is 19.1 Å². The number of methoxy groups -OCH3 is 2. The average Bonchev–Trinajstić information content (AvgIpc) is 3.24. The molecule has 0 N–H and O–H groups in total. The molecule has 124 valence electrons. The van der Waals surface area contributed by atoms with Crippen LogP contribution in [-0.4, -0.2) is 51.2 Å². The topological polar surface area (TPSA) is 96.2 Å². The van der Waals surface area contributed by atoms with Crippen molar-refractivity contribution in [2.24, 2.45) is 0 Å². The average molecular weight is 403 g/mol. The van der Waals surface area contributed by atoms with Gasteiger partial charge in [-0.3, -0.25) is 4.79 Å². The Bertz CT molecular complexity index is 661. The number of hydrogen-bond donors (Lipinski definition) is 0. The Kier molecular flexibility index (Phi) is 6.22. The van der Waals surface area contributed by atoms with Crippen molar-refractivity contribution in [1.82, 2.24) is 20.2 Å². The lowest BCUT2D eigenvalue weighted by Gasteiger charge is -2.14. The number of ether oxygens (including phenoxy) is 2. The molecule has 0 saturated heterocycles. The van der Waals surface area contributed by atoms with Gasteiger partial charge in [0, 0.05) is 0 Å². The molecule has 0 radical (unpaired) electrons. The third-order valence-electron chi connectivity index (χ3n) is 3.07. The highest BCUT2D eigenvalue weighted by Gasteiger charge is 2.27. The molecule has 2 unspecified atom stereocenters. The van der Waals surface area contributed by atoms with Crippen LogP contribution in [0, 0.1) is 0 Å². The van der Waals surface area contributed by atoms with Gasteiger partial charge < -0.3 is 9.47 Å². The Labute approximate surface area is 144 Å². The predicted molar refractivity (Wildman–Crippen MR) is 86.1 cm³/mol. The minimum Gasteiger partial charge on any atom is -0.468 e. The van der Waals surface area contributed by atoms with E-state index < -0.39 is 22.8 Å². The summed E-state index contributed by atoms with van der Waals surface area (Å²) in [6.45, 7) is 0. The van der Waals surface area contributed by atoms with Crippen LogP contribution in [0.5, 0.6) is 0 Å². The van der Waals surface area contributed by atoms with E-state index in [4.69, 9.17) is 4.74 Å². The van der Waals surface area contributed by atoms with Crippen molar-refractivity contribution in [1.29, 1.82) is 0 Å². The van der Waals surface area contributed by atoms with Gasteiger partial charge in [-0.25, -0.2) is 4.79 Å². The number of carbonyl (C=O) groups excluding carboxylic acids is 2. The molecule has 8 nitrogen and oxygen atoms in total. The predicted octanol–water partition coefficient (Wildman–Crippen LogP) is 1.83. The molecular formula is C13H15BrN4O4S. The van der Waals surface area contributed by atoms with Crippen LogP contribution in [0.25, 0.3) is 10.7 Å². The molecule has 2 aromatic rings. The van der Waals surface area contributed by atoms with E-state index in [2.05, 4.69) is 36.1 Å². The Hall–Kier alpha value is -1.81. The molecule has 23 heavy (non-hydrogen) atoms. The number of thiophene rings is 1. The summed E-state index contributed by atoms with van der Waals surface area (Å²) in [5.41, 5.74) is 0. The number of hydrogen-bond acceptors (Lipinski definition) is 8. The van der Waals surface area contributed by atoms with Crippen molar-refractivity contribution >= 4 is 39.2 Å². The molecule has 0 aliphatic rings. The molecule has 2 rings (SSSR count). The first-order valence-corrected chi connectivity index (χ1v) is 8.49. The Morgan fingerprint density at radius 3 is 2.65 bits per heavy atom. The zero-order chi connectivity index (χ0) is 16.8. The maximum absolute atomic E-state index is 12.0. The van der Waals surface area contributed by atoms with Crippen LogP contribution in [0.2, 0.25) is 0 Å². The first-order chi connectivity index (χ1) is 11.1. The van der Waals surface area contributed by atoms with Crippen LogP contribution >= 0.6 is 27.3 Å². The third-order valence-corrected chi connectivity index (χ3v) is 4.77. The fourth-order valence-corrected chi connectivity index (χ4v) is 2.97. The zero-order valence-electron chi connectivity index (χ0n) is 12.5. The van der Waals surface area contributed by atoms with Crippen molar-refractivity contribution in [2.45, 2.75) is 23.7 Å². The Balaban J connectivity index is 2.12. The molecule has 0 aliphatic heterocycles. The summed E-state index contributed by atoms with van der Waals surface area (Å²) in [4.78, 5) is 25.0. The smallest absolute Gasteiger partial charge is 0.332 e. The second kappa shape index (κ2) is 8.16. The third kappa shape index (κ3) is 4.35. The first-order valence-electron chi connectivity index (χ1n) is 6.70. The van der Waals surface area contributed by atoms with Crippen LogP contribution in [0.1, 0.15) is 18.9 Å². The van der Waals surface area contributed by atoms with E-state index in [9.17, 15) is 9.59 Å². The molecule has 0 fully saturated rings. The molecule has 10 heteroatoms. The Morgan fingerprint density at radius 1 is 1.30 bits per heavy atom. The lowest BCUT2D eigenvalue weighted by atomic mass is 10.1. The van der Waals surface area contributed by atoms with E-state index >= 15 is 0 Å². The summed E-state index contributed by atoms with van der Waals surface area (Å²) >= 11 is 4.70. The van der Waals surface area contributed by atoms with Gasteiger partial charge in [-0.15, -0.1) is 26.3 Å². The number of carbonyl (C=O) groups is 2. The van der Waals surface area contributed by atoms with Crippen LogP contribution < -0.4 is 0 Å². The molecule has 0 aromatic carbocycles. The number of rotatable bonds is 7. The summed E-state index contributed by atoms with van der Waals surface area (Å²) < 4.78 is 9.43. The molecule has 0 bridgehead atoms. The standard InChI is InChI=1S/C13H15BrN4O4S/c1-21-12(19)8(14)5-6-9(13(20)22-2)18-16-11(15-17-18)10-4-3-7-23-10/h3-4,7-9H,5-6H2,1-2H3. The SMILES string of the molecule is COC(=O)C(Br)CCC(C(=O)OC)n1nnc(-c2cccs2)n1. The summed E-state index contributed by atoms with van der Waals surface area (Å²) in [5.74, 6) is -0.457. The van der Waals surface area contributed by atoms with Gasteiger partial charge in [0.15, 0.2) is 6.04 Å². The van der Waals surface area contributed by atoms with E-state index in [1.807, 2.05) is 17.5 Å². The van der Waals surface area contributed by atoms with Gasteiger partial charge in [0.05, 0.1) is 19.1 Å². The number of tetrazole rings is 1. The maximum atomic E-state index is 12.0. The van der Waals surface area contributed by atoms with Gasteiger partial charge >= 0.3 is 11.9 Å². The van der Waals surface area contributed by atoms with Crippen molar-refractivity contribution in [3.05, 3.63) is 17.5 Å². The highest BCUT2D eigenvalue weighted by molar-refractivity contribution is 9.10. The highest BCUT2D eigenvalue weighted by atomic mass is 79.9. The van der Waals surface area contributed by atoms with Gasteiger partial charge in [0.25, 0.3) is 0 Å². The molecule has 0 spiro atoms. The largest absolute Gasteiger partial charge is 0.468 e. The zero-order valence-corrected chi connectivity index (χ0v) is 14.9. The van der Waals surface area contributed by atoms with Crippen LogP contribution in [0.15, 0.2) is 17.5 Å². The molecule has 2 heterocycles. The summed E-state index contributed by atoms with van der Waals surface area (Å²) in [6, 6.07) is 2.99. The molecule has 0 aliphatic carbocycles. The van der Waals surface area contributed by atoms with E-state index in [-0.39, 0.29) is 0 Å². The van der Waals surface area contributed by atoms with Crippen molar-refractivity contribution in [2.75, 3.05) is 14.2 Å². The lowest BCUT2D eigenvalue weighted by Crippen LogP contribution is -2.25. The van der Waals surface area contributed by atoms with E-state index in [0.717, 1.165) is 4.88 Å². The molecule has 2 atom stereocenters. The molecule has 0 saturated carbocycles. The van der Waals surface area contributed by atoms with Gasteiger partial charge in [-0.05, 0) is 29.5 Å². The van der Waals surface area contributed by atoms with Gasteiger partial charge in [0.2, 0.25) is 5.82 Å². The highest BCUT2D eigenvalue weighted by Crippen LogP contribution is 2.23. The maximum Gasteiger partial charge on any atom is 0.332 e. The fourth-order valence-electron chi connectivity index (χ4n) is 1.88. The number of esters is 2. The molecule has 0 amide bonds. The first kappa shape index (κ1) is 17.5. The van der Waals surface area contributed by atoms with E-state index in [0.29, 0.717) is 18.7 Å². The Morgan fingerprint density at radius 2 is 2.04 bits per heavy atom. The number of aromatic nitrogens is 4. The van der Waals surface area contributed by atoms with E-state index in [1.54, 1.807) is 0 Å². The molecular weight excluding hydrogens is 388 g/mol. The van der Waals surface area contributed by atoms with Gasteiger partial charge in [-0.1, -0.05) is 22.0 Å². The monoisotopic (exact) mass is 402 g/mol. The van der Waals surface area contributed by atoms with Gasteiger partial charge in [-0.2, -0.15) is 0 Å². The summed E-state index contributed by atoms with van der Waals surface area (Å²) in [5, 5.41) is 14.0. The second-order valence-electron chi connectivity index (χ2n) is 4.52. The lowest BCUT2D eigenvalue weighted by molar-refractivity contribution is -0.146. The summed E-state index contributed by atoms with van der Waals surface area (Å²) in [7, 11) is 2.60. The van der Waals surface area contributed by atoms with E-state index in [1.165, 1.54) is 30.4 Å².